The molecule has 0 radical (unpaired) electrons. The molecule has 2 aromatic heterocycles. The minimum absolute atomic E-state index is 0.0940. The zero-order valence-corrected chi connectivity index (χ0v) is 12.0. The van der Waals surface area contributed by atoms with Gasteiger partial charge in [0.05, 0.1) is 6.42 Å². The number of carbonyl (C=O) groups excluding carboxylic acids is 1. The van der Waals surface area contributed by atoms with Crippen LogP contribution in [0.4, 0.5) is 0 Å². The number of aromatic nitrogens is 4. The van der Waals surface area contributed by atoms with E-state index in [0.29, 0.717) is 6.42 Å². The van der Waals surface area contributed by atoms with Crippen LogP contribution >= 0.6 is 11.3 Å². The Morgan fingerprint density at radius 1 is 1.30 bits per heavy atom. The molecule has 0 aliphatic rings. The Hall–Kier alpha value is -2.28. The van der Waals surface area contributed by atoms with Crippen LogP contribution in [0.2, 0.25) is 0 Å². The number of hydrogen-bond donors (Lipinski definition) is 0. The number of likely N-dealkylation sites (N-methyl/N-ethyl adjacent to an activating group) is 1. The van der Waals surface area contributed by atoms with Gasteiger partial charge in [-0.1, -0.05) is 35.6 Å². The quantitative estimate of drug-likeness (QED) is 0.732. The van der Waals surface area contributed by atoms with Crippen molar-refractivity contribution >= 4 is 22.2 Å². The van der Waals surface area contributed by atoms with Gasteiger partial charge in [-0.25, -0.2) is 0 Å². The molecule has 0 atom stereocenters. The largest absolute Gasteiger partial charge is 0.349 e. The first-order valence-electron chi connectivity index (χ1n) is 6.10. The molecule has 0 spiro atoms. The van der Waals surface area contributed by atoms with E-state index >= 15 is 0 Å². The van der Waals surface area contributed by atoms with Crippen LogP contribution in [0.5, 0.6) is 0 Å². The number of amides is 1. The van der Waals surface area contributed by atoms with Crippen molar-refractivity contribution in [3.63, 3.8) is 0 Å². The summed E-state index contributed by atoms with van der Waals surface area (Å²) in [6.07, 6.45) is 2.00. The minimum Gasteiger partial charge on any atom is -0.349 e. The number of nitrogens with zero attached hydrogens (tertiary/aromatic N) is 5. The molecule has 0 fully saturated rings. The average Bonchev–Trinajstić information content (AvgIpc) is 3.00. The van der Waals surface area contributed by atoms with Crippen LogP contribution < -0.4 is 0 Å². The molecule has 7 heteroatoms. The Labute approximate surface area is 119 Å². The van der Waals surface area contributed by atoms with Gasteiger partial charge in [-0.2, -0.15) is 9.61 Å². The molecule has 0 saturated carbocycles. The summed E-state index contributed by atoms with van der Waals surface area (Å²) in [4.78, 5) is 14.0. The first kappa shape index (κ1) is 12.7. The lowest BCUT2D eigenvalue weighted by Gasteiger charge is -2.09. The van der Waals surface area contributed by atoms with Crippen molar-refractivity contribution in [1.29, 1.82) is 0 Å². The predicted molar refractivity (Wildman–Crippen MR) is 76.5 cm³/mol. The molecule has 0 N–H and O–H groups in total. The van der Waals surface area contributed by atoms with Crippen molar-refractivity contribution in [3.8, 4) is 10.6 Å². The molecule has 3 aromatic rings. The van der Waals surface area contributed by atoms with Crippen LogP contribution in [0, 0.1) is 0 Å². The second kappa shape index (κ2) is 5.01. The molecular weight excluding hydrogens is 274 g/mol. The molecule has 0 saturated heterocycles. The molecule has 0 aliphatic heterocycles. The Morgan fingerprint density at radius 2 is 2.05 bits per heavy atom. The van der Waals surface area contributed by atoms with Crippen molar-refractivity contribution < 1.29 is 4.79 Å². The van der Waals surface area contributed by atoms with Crippen LogP contribution in [-0.2, 0) is 11.2 Å². The molecule has 0 unspecified atom stereocenters. The third-order valence-electron chi connectivity index (χ3n) is 2.94. The van der Waals surface area contributed by atoms with Crippen molar-refractivity contribution in [3.05, 3.63) is 36.2 Å². The maximum atomic E-state index is 11.6. The minimum atomic E-state index is 0.0940. The first-order valence-corrected chi connectivity index (χ1v) is 6.91. The van der Waals surface area contributed by atoms with Crippen molar-refractivity contribution in [2.24, 2.45) is 0 Å². The van der Waals surface area contributed by atoms with Gasteiger partial charge in [0, 0.05) is 19.7 Å². The highest BCUT2D eigenvalue weighted by atomic mass is 32.1. The van der Waals surface area contributed by atoms with Crippen molar-refractivity contribution in [2.45, 2.75) is 6.42 Å². The van der Waals surface area contributed by atoms with Crippen molar-refractivity contribution in [1.82, 2.24) is 24.7 Å². The van der Waals surface area contributed by atoms with E-state index < -0.39 is 0 Å². The fourth-order valence-corrected chi connectivity index (χ4v) is 2.60. The van der Waals surface area contributed by atoms with Gasteiger partial charge >= 0.3 is 0 Å². The fourth-order valence-electron chi connectivity index (χ4n) is 1.77. The number of benzene rings is 1. The molecule has 0 bridgehead atoms. The zero-order valence-electron chi connectivity index (χ0n) is 11.1. The van der Waals surface area contributed by atoms with E-state index in [0.717, 1.165) is 21.1 Å². The Kier molecular flexibility index (Phi) is 3.19. The number of fused-ring (bicyclic) bond motifs is 1. The average molecular weight is 287 g/mol. The zero-order chi connectivity index (χ0) is 14.1. The van der Waals surface area contributed by atoms with Gasteiger partial charge in [0.2, 0.25) is 10.9 Å². The van der Waals surface area contributed by atoms with Crippen LogP contribution in [0.3, 0.4) is 0 Å². The highest BCUT2D eigenvalue weighted by Crippen LogP contribution is 2.24. The van der Waals surface area contributed by atoms with Gasteiger partial charge in [0.1, 0.15) is 11.3 Å². The Bertz CT molecular complexity index is 715. The summed E-state index contributed by atoms with van der Waals surface area (Å²) in [6.45, 7) is 0. The van der Waals surface area contributed by atoms with E-state index in [-0.39, 0.29) is 5.91 Å². The van der Waals surface area contributed by atoms with E-state index in [1.165, 1.54) is 11.3 Å². The van der Waals surface area contributed by atoms with E-state index in [1.807, 2.05) is 24.3 Å². The highest BCUT2D eigenvalue weighted by molar-refractivity contribution is 7.19. The molecule has 2 heterocycles. The first-order chi connectivity index (χ1) is 9.63. The molecule has 0 aliphatic carbocycles. The lowest BCUT2D eigenvalue weighted by Crippen LogP contribution is -2.23. The van der Waals surface area contributed by atoms with E-state index in [9.17, 15) is 4.79 Å². The Balaban J connectivity index is 1.82. The van der Waals surface area contributed by atoms with Gasteiger partial charge in [-0.15, -0.1) is 10.2 Å². The van der Waals surface area contributed by atoms with E-state index in [1.54, 1.807) is 29.8 Å². The van der Waals surface area contributed by atoms with Crippen molar-refractivity contribution in [2.75, 3.05) is 14.1 Å². The van der Waals surface area contributed by atoms with Crippen LogP contribution in [0.1, 0.15) is 5.56 Å². The predicted octanol–water partition coefficient (Wildman–Crippen LogP) is 1.48. The van der Waals surface area contributed by atoms with Gasteiger partial charge in [-0.05, 0) is 5.56 Å². The summed E-state index contributed by atoms with van der Waals surface area (Å²) >= 11 is 1.48. The van der Waals surface area contributed by atoms with Crippen LogP contribution in [0.25, 0.3) is 15.5 Å². The second-order valence-electron chi connectivity index (χ2n) is 4.63. The van der Waals surface area contributed by atoms with E-state index in [2.05, 4.69) is 15.3 Å². The maximum Gasteiger partial charge on any atom is 0.234 e. The smallest absolute Gasteiger partial charge is 0.234 e. The number of hydrogen-bond acceptors (Lipinski definition) is 5. The molecule has 102 valence electrons. The summed E-state index contributed by atoms with van der Waals surface area (Å²) in [5, 5.41) is 13.0. The number of rotatable bonds is 3. The van der Waals surface area contributed by atoms with Crippen LogP contribution in [0.15, 0.2) is 30.6 Å². The summed E-state index contributed by atoms with van der Waals surface area (Å²) in [5.41, 5.74) is 2.01. The Morgan fingerprint density at radius 3 is 2.70 bits per heavy atom. The second-order valence-corrected chi connectivity index (χ2v) is 5.58. The molecule has 1 amide bonds. The van der Waals surface area contributed by atoms with Gasteiger partial charge in [-0.3, -0.25) is 4.79 Å². The molecule has 1 aromatic carbocycles. The molecule has 3 rings (SSSR count). The highest BCUT2D eigenvalue weighted by Gasteiger charge is 2.09. The third kappa shape index (κ3) is 2.39. The van der Waals surface area contributed by atoms with Gasteiger partial charge in [0.15, 0.2) is 0 Å². The SMILES string of the molecule is CN(C)C(=O)Cc1ccc(-c2nn3cnnc3s2)cc1. The molecular formula is C13H13N5OS. The monoisotopic (exact) mass is 287 g/mol. The number of carbonyl (C=O) groups is 1. The molecule has 6 nitrogen and oxygen atoms in total. The van der Waals surface area contributed by atoms with E-state index in [4.69, 9.17) is 0 Å². The van der Waals surface area contributed by atoms with Crippen LogP contribution in [-0.4, -0.2) is 44.7 Å². The normalized spacial score (nSPS) is 10.9. The summed E-state index contributed by atoms with van der Waals surface area (Å²) < 4.78 is 1.66. The standard InChI is InChI=1S/C13H13N5OS/c1-17(2)11(19)7-9-3-5-10(6-4-9)12-16-18-8-14-15-13(18)20-12/h3-6,8H,7H2,1-2H3. The lowest BCUT2D eigenvalue weighted by molar-refractivity contribution is -0.127. The van der Waals surface area contributed by atoms with Gasteiger partial charge < -0.3 is 4.90 Å². The summed E-state index contributed by atoms with van der Waals surface area (Å²) in [5.74, 6) is 0.0940. The summed E-state index contributed by atoms with van der Waals surface area (Å²) in [6, 6.07) is 7.87. The topological polar surface area (TPSA) is 63.4 Å². The fraction of sp³-hybridized carbons (Fsp3) is 0.231. The maximum absolute atomic E-state index is 11.6. The summed E-state index contributed by atoms with van der Waals surface area (Å²) in [7, 11) is 3.52. The lowest BCUT2D eigenvalue weighted by atomic mass is 10.1. The van der Waals surface area contributed by atoms with Gasteiger partial charge in [0.25, 0.3) is 0 Å². The molecule has 20 heavy (non-hydrogen) atoms. The third-order valence-corrected chi connectivity index (χ3v) is 3.90.